The summed E-state index contributed by atoms with van der Waals surface area (Å²) in [5.74, 6) is 0.512. The van der Waals surface area contributed by atoms with Crippen LogP contribution in [0.25, 0.3) is 0 Å². The van der Waals surface area contributed by atoms with Crippen molar-refractivity contribution >= 4 is 12.6 Å². The third-order valence-corrected chi connectivity index (χ3v) is 2.17. The van der Waals surface area contributed by atoms with Gasteiger partial charge in [-0.2, -0.15) is 0 Å². The smallest absolute Gasteiger partial charge is 0.490 e. The number of nitrogens with zero attached hydrogens (tertiary/aromatic N) is 1. The summed E-state index contributed by atoms with van der Waals surface area (Å²) in [4.78, 5) is 3.85. The zero-order valence-corrected chi connectivity index (χ0v) is 10.4. The third-order valence-electron chi connectivity index (χ3n) is 2.17. The van der Waals surface area contributed by atoms with Crippen molar-refractivity contribution in [2.75, 3.05) is 33.5 Å². The predicted octanol–water partition coefficient (Wildman–Crippen LogP) is -0.807. The molecule has 7 heteroatoms. The number of methoxy groups -OCH3 is 1. The standard InChI is InChI=1S/C11H18BNO5/c1-16-5-6-17-3-2-4-18-11-7-10(12(14)15)8-13-9-11/h7-9,14-15H,2-6H2,1H3. The van der Waals surface area contributed by atoms with Crippen molar-refractivity contribution in [3.63, 3.8) is 0 Å². The van der Waals surface area contributed by atoms with Crippen LogP contribution in [0, 0.1) is 0 Å². The van der Waals surface area contributed by atoms with Gasteiger partial charge in [0, 0.05) is 31.8 Å². The summed E-state index contributed by atoms with van der Waals surface area (Å²) < 4.78 is 15.5. The third kappa shape index (κ3) is 5.97. The second-order valence-corrected chi connectivity index (χ2v) is 3.63. The summed E-state index contributed by atoms with van der Waals surface area (Å²) in [6, 6.07) is 1.55. The number of hydrogen-bond donors (Lipinski definition) is 2. The Morgan fingerprint density at radius 2 is 2.00 bits per heavy atom. The number of pyridine rings is 1. The minimum atomic E-state index is -1.53. The zero-order chi connectivity index (χ0) is 13.2. The van der Waals surface area contributed by atoms with Crippen LogP contribution in [0.3, 0.4) is 0 Å². The summed E-state index contributed by atoms with van der Waals surface area (Å²) in [5.41, 5.74) is 0.309. The minimum absolute atomic E-state index is 0.309. The lowest BCUT2D eigenvalue weighted by atomic mass is 9.82. The molecule has 1 aromatic rings. The van der Waals surface area contributed by atoms with E-state index < -0.39 is 7.12 Å². The van der Waals surface area contributed by atoms with Crippen molar-refractivity contribution in [1.82, 2.24) is 4.98 Å². The Labute approximate surface area is 107 Å². The van der Waals surface area contributed by atoms with Crippen molar-refractivity contribution in [1.29, 1.82) is 0 Å². The summed E-state index contributed by atoms with van der Waals surface area (Å²) in [5, 5.41) is 17.9. The van der Waals surface area contributed by atoms with Gasteiger partial charge in [-0.15, -0.1) is 0 Å². The van der Waals surface area contributed by atoms with Gasteiger partial charge in [0.25, 0.3) is 0 Å². The maximum absolute atomic E-state index is 8.97. The van der Waals surface area contributed by atoms with Crippen molar-refractivity contribution in [2.45, 2.75) is 6.42 Å². The molecule has 0 unspecified atom stereocenters. The molecule has 0 aliphatic heterocycles. The SMILES string of the molecule is COCCOCCCOc1cncc(B(O)O)c1. The summed E-state index contributed by atoms with van der Waals surface area (Å²) >= 11 is 0. The summed E-state index contributed by atoms with van der Waals surface area (Å²) in [6.45, 7) is 2.24. The van der Waals surface area contributed by atoms with Gasteiger partial charge >= 0.3 is 7.12 Å². The average Bonchev–Trinajstić information content (AvgIpc) is 2.38. The van der Waals surface area contributed by atoms with Gasteiger partial charge in [-0.25, -0.2) is 0 Å². The quantitative estimate of drug-likeness (QED) is 0.444. The molecule has 1 aromatic heterocycles. The average molecular weight is 255 g/mol. The van der Waals surface area contributed by atoms with E-state index in [9.17, 15) is 0 Å². The van der Waals surface area contributed by atoms with E-state index in [4.69, 9.17) is 24.3 Å². The summed E-state index contributed by atoms with van der Waals surface area (Å²) in [7, 11) is 0.0978. The van der Waals surface area contributed by atoms with Gasteiger partial charge in [-0.1, -0.05) is 0 Å². The molecule has 0 bridgehead atoms. The van der Waals surface area contributed by atoms with E-state index in [1.807, 2.05) is 0 Å². The Morgan fingerprint density at radius 1 is 1.17 bits per heavy atom. The number of aromatic nitrogens is 1. The van der Waals surface area contributed by atoms with E-state index in [-0.39, 0.29) is 0 Å². The molecule has 0 aliphatic carbocycles. The fourth-order valence-corrected chi connectivity index (χ4v) is 1.25. The van der Waals surface area contributed by atoms with Crippen LogP contribution in [0.15, 0.2) is 18.5 Å². The van der Waals surface area contributed by atoms with Crippen LogP contribution < -0.4 is 10.2 Å². The molecule has 0 radical (unpaired) electrons. The molecule has 6 nitrogen and oxygen atoms in total. The van der Waals surface area contributed by atoms with Crippen molar-refractivity contribution in [2.24, 2.45) is 0 Å². The first kappa shape index (κ1) is 14.9. The number of ether oxygens (including phenoxy) is 3. The molecule has 100 valence electrons. The van der Waals surface area contributed by atoms with E-state index in [1.165, 1.54) is 12.4 Å². The first-order valence-corrected chi connectivity index (χ1v) is 5.74. The number of rotatable bonds is 9. The van der Waals surface area contributed by atoms with Crippen LogP contribution in [0.5, 0.6) is 5.75 Å². The molecule has 0 atom stereocenters. The predicted molar refractivity (Wildman–Crippen MR) is 66.9 cm³/mol. The molecule has 0 amide bonds. The molecule has 1 rings (SSSR count). The Kier molecular flexibility index (Phi) is 7.35. The van der Waals surface area contributed by atoms with Crippen molar-refractivity contribution in [3.05, 3.63) is 18.5 Å². The maximum Gasteiger partial charge on any atom is 0.490 e. The van der Waals surface area contributed by atoms with Crippen LogP contribution in [0.2, 0.25) is 0 Å². The van der Waals surface area contributed by atoms with Crippen LogP contribution in [-0.2, 0) is 9.47 Å². The van der Waals surface area contributed by atoms with E-state index in [0.717, 1.165) is 6.42 Å². The molecule has 2 N–H and O–H groups in total. The van der Waals surface area contributed by atoms with Crippen molar-refractivity contribution < 1.29 is 24.3 Å². The maximum atomic E-state index is 8.97. The second kappa shape index (κ2) is 8.88. The van der Waals surface area contributed by atoms with Gasteiger partial charge in [0.1, 0.15) is 5.75 Å². The lowest BCUT2D eigenvalue weighted by Crippen LogP contribution is -2.30. The van der Waals surface area contributed by atoms with Gasteiger partial charge in [0.2, 0.25) is 0 Å². The molecular weight excluding hydrogens is 237 g/mol. The monoisotopic (exact) mass is 255 g/mol. The molecular formula is C11H18BNO5. The highest BCUT2D eigenvalue weighted by Gasteiger charge is 2.11. The van der Waals surface area contributed by atoms with E-state index in [1.54, 1.807) is 13.2 Å². The van der Waals surface area contributed by atoms with E-state index >= 15 is 0 Å². The largest absolute Gasteiger partial charge is 0.492 e. The van der Waals surface area contributed by atoms with Gasteiger partial charge in [-0.3, -0.25) is 4.98 Å². The van der Waals surface area contributed by atoms with Crippen LogP contribution in [-0.4, -0.2) is 55.7 Å². The molecule has 0 saturated heterocycles. The van der Waals surface area contributed by atoms with E-state index in [2.05, 4.69) is 4.98 Å². The Bertz CT molecular complexity index is 337. The number of hydrogen-bond acceptors (Lipinski definition) is 6. The molecule has 0 saturated carbocycles. The first-order valence-electron chi connectivity index (χ1n) is 5.74. The normalized spacial score (nSPS) is 10.4. The highest BCUT2D eigenvalue weighted by molar-refractivity contribution is 6.58. The molecule has 1 heterocycles. The Hall–Kier alpha value is -1.15. The lowest BCUT2D eigenvalue weighted by Gasteiger charge is -2.07. The van der Waals surface area contributed by atoms with Gasteiger partial charge in [0.05, 0.1) is 26.0 Å². The van der Waals surface area contributed by atoms with Crippen LogP contribution in [0.1, 0.15) is 6.42 Å². The minimum Gasteiger partial charge on any atom is -0.492 e. The highest BCUT2D eigenvalue weighted by atomic mass is 16.5. The molecule has 0 aromatic carbocycles. The highest BCUT2D eigenvalue weighted by Crippen LogP contribution is 2.05. The van der Waals surface area contributed by atoms with Crippen molar-refractivity contribution in [3.8, 4) is 5.75 Å². The Morgan fingerprint density at radius 3 is 2.72 bits per heavy atom. The van der Waals surface area contributed by atoms with Gasteiger partial charge < -0.3 is 24.3 Å². The van der Waals surface area contributed by atoms with Crippen LogP contribution in [0.4, 0.5) is 0 Å². The summed E-state index contributed by atoms with van der Waals surface area (Å²) in [6.07, 6.45) is 3.65. The first-order chi connectivity index (χ1) is 8.74. The molecule has 0 fully saturated rings. The van der Waals surface area contributed by atoms with Gasteiger partial charge in [0.15, 0.2) is 0 Å². The van der Waals surface area contributed by atoms with Crippen LogP contribution >= 0.6 is 0 Å². The van der Waals surface area contributed by atoms with Gasteiger partial charge in [-0.05, 0) is 6.07 Å². The molecule has 18 heavy (non-hydrogen) atoms. The molecule has 0 aliphatic rings. The fraction of sp³-hybridized carbons (Fsp3) is 0.545. The Balaban J connectivity index is 2.17. The topological polar surface area (TPSA) is 81.0 Å². The fourth-order valence-electron chi connectivity index (χ4n) is 1.25. The second-order valence-electron chi connectivity index (χ2n) is 3.63. The molecule has 0 spiro atoms. The zero-order valence-electron chi connectivity index (χ0n) is 10.4. The van der Waals surface area contributed by atoms with E-state index in [0.29, 0.717) is 37.6 Å². The lowest BCUT2D eigenvalue weighted by molar-refractivity contribution is 0.0644.